The quantitative estimate of drug-likeness (QED) is 0.716. The number of fused-ring (bicyclic) bond motifs is 1. The van der Waals surface area contributed by atoms with E-state index in [1.165, 1.54) is 18.9 Å². The van der Waals surface area contributed by atoms with E-state index in [-0.39, 0.29) is 5.95 Å². The molecule has 0 fully saturated rings. The fraction of sp³-hybridized carbons (Fsp3) is 0.235. The van der Waals surface area contributed by atoms with Crippen molar-refractivity contribution in [3.63, 3.8) is 0 Å². The molecule has 130 valence electrons. The molecular weight excluding hydrogens is 324 g/mol. The number of hydrogen-bond acceptors (Lipinski definition) is 6. The molecule has 0 amide bonds. The first-order valence-corrected chi connectivity index (χ1v) is 7.45. The summed E-state index contributed by atoms with van der Waals surface area (Å²) in [6, 6.07) is 3.51. The topological polar surface area (TPSA) is 91.3 Å². The van der Waals surface area contributed by atoms with E-state index in [0.29, 0.717) is 39.2 Å². The lowest BCUT2D eigenvalue weighted by atomic mass is 10.1. The summed E-state index contributed by atoms with van der Waals surface area (Å²) in [5.74, 6) is 1.70. The van der Waals surface area contributed by atoms with Gasteiger partial charge in [-0.15, -0.1) is 0 Å². The predicted octanol–water partition coefficient (Wildman–Crippen LogP) is -0.0333. The molecule has 2 aliphatic rings. The van der Waals surface area contributed by atoms with Gasteiger partial charge in [-0.2, -0.15) is 4.98 Å². The first-order valence-electron chi connectivity index (χ1n) is 7.45. The molecule has 3 rings (SSSR count). The van der Waals surface area contributed by atoms with Gasteiger partial charge in [-0.25, -0.2) is 9.67 Å². The summed E-state index contributed by atoms with van der Waals surface area (Å²) in [4.78, 5) is 20.5. The summed E-state index contributed by atoms with van der Waals surface area (Å²) in [5.41, 5.74) is 0.900. The maximum atomic E-state index is 12.3. The zero-order chi connectivity index (χ0) is 18.1. The van der Waals surface area contributed by atoms with Gasteiger partial charge in [0.1, 0.15) is 5.35 Å². The Morgan fingerprint density at radius 3 is 2.48 bits per heavy atom. The van der Waals surface area contributed by atoms with Crippen LogP contribution in [0.2, 0.25) is 0 Å². The molecule has 0 spiro atoms. The van der Waals surface area contributed by atoms with Crippen LogP contribution >= 0.6 is 0 Å². The van der Waals surface area contributed by atoms with Crippen LogP contribution in [0.25, 0.3) is 18.6 Å². The van der Waals surface area contributed by atoms with Crippen LogP contribution in [-0.2, 0) is 0 Å². The van der Waals surface area contributed by atoms with Crippen molar-refractivity contribution in [2.45, 2.75) is 6.92 Å². The number of rotatable bonds is 4. The van der Waals surface area contributed by atoms with Gasteiger partial charge in [-0.3, -0.25) is 9.89 Å². The fourth-order valence-corrected chi connectivity index (χ4v) is 2.53. The van der Waals surface area contributed by atoms with Gasteiger partial charge in [0.25, 0.3) is 11.5 Å². The molecule has 1 aromatic rings. The van der Waals surface area contributed by atoms with Crippen LogP contribution in [0.1, 0.15) is 11.3 Å². The minimum absolute atomic E-state index is 0.278. The van der Waals surface area contributed by atoms with Crippen LogP contribution in [0.4, 0.5) is 0 Å². The number of nitrogens with zero attached hydrogens (tertiary/aromatic N) is 3. The number of H-pyrrole nitrogens is 1. The van der Waals surface area contributed by atoms with E-state index in [9.17, 15) is 4.79 Å². The van der Waals surface area contributed by atoms with Crippen LogP contribution in [0.3, 0.4) is 0 Å². The standard InChI is InChI=1S/C17H18N4O4/c1-9-10(2)20-21-12(16(22)19-17(21)18-9)8-11-6-7-13(23-3)15(25-5)14(11)24-4/h6-8,20H,2H2,1,3-5H3/b12-8+. The third-order valence-corrected chi connectivity index (χ3v) is 3.84. The van der Waals surface area contributed by atoms with Crippen molar-refractivity contribution >= 4 is 12.7 Å². The highest BCUT2D eigenvalue weighted by Gasteiger charge is 2.17. The zero-order valence-electron chi connectivity index (χ0n) is 14.4. The van der Waals surface area contributed by atoms with E-state index in [2.05, 4.69) is 21.6 Å². The molecule has 0 aliphatic carbocycles. The number of methoxy groups -OCH3 is 3. The maximum Gasteiger partial charge on any atom is 0.299 e. The Bertz CT molecular complexity index is 1070. The largest absolute Gasteiger partial charge is 0.493 e. The first-order chi connectivity index (χ1) is 12.0. The highest BCUT2D eigenvalue weighted by atomic mass is 16.5. The minimum atomic E-state index is -0.411. The van der Waals surface area contributed by atoms with Gasteiger partial charge in [0.2, 0.25) is 5.75 Å². The molecule has 0 saturated heterocycles. The van der Waals surface area contributed by atoms with Gasteiger partial charge in [0.05, 0.1) is 32.4 Å². The van der Waals surface area contributed by atoms with E-state index in [1.54, 1.807) is 32.2 Å². The third kappa shape index (κ3) is 2.71. The lowest BCUT2D eigenvalue weighted by Crippen LogP contribution is -2.32. The number of ether oxygens (including phenoxy) is 3. The fourth-order valence-electron chi connectivity index (χ4n) is 2.53. The molecule has 25 heavy (non-hydrogen) atoms. The molecule has 8 heteroatoms. The zero-order valence-corrected chi connectivity index (χ0v) is 14.4. The van der Waals surface area contributed by atoms with Gasteiger partial charge < -0.3 is 14.2 Å². The second kappa shape index (κ2) is 6.31. The summed E-state index contributed by atoms with van der Waals surface area (Å²) < 4.78 is 17.6. The van der Waals surface area contributed by atoms with Crippen molar-refractivity contribution in [2.24, 2.45) is 0 Å². The Morgan fingerprint density at radius 1 is 1.12 bits per heavy atom. The molecule has 0 radical (unpaired) electrons. The maximum absolute atomic E-state index is 12.3. The Kier molecular flexibility index (Phi) is 4.18. The van der Waals surface area contributed by atoms with Gasteiger partial charge in [-0.1, -0.05) is 6.58 Å². The van der Waals surface area contributed by atoms with Crippen LogP contribution in [-0.4, -0.2) is 41.1 Å². The van der Waals surface area contributed by atoms with E-state index >= 15 is 0 Å². The number of aromatic nitrogens is 4. The molecular formula is C17H18N4O4. The summed E-state index contributed by atoms with van der Waals surface area (Å²) in [7, 11) is 4.58. The number of hydrogen-bond donors (Lipinski definition) is 1. The molecule has 0 saturated carbocycles. The lowest BCUT2D eigenvalue weighted by molar-refractivity contribution is 0.324. The second-order valence-corrected chi connectivity index (χ2v) is 5.29. The van der Waals surface area contributed by atoms with E-state index in [4.69, 9.17) is 14.2 Å². The lowest BCUT2D eigenvalue weighted by Gasteiger charge is -2.14. The molecule has 0 atom stereocenters. The SMILES string of the molecule is C=c1[nH]n2/c(=C/c3ccc(OC)c(OC)c3OC)c(=O)nc-2nc1C. The van der Waals surface area contributed by atoms with Gasteiger partial charge in [-0.05, 0) is 25.1 Å². The minimum Gasteiger partial charge on any atom is -0.493 e. The van der Waals surface area contributed by atoms with Gasteiger partial charge in [0, 0.05) is 5.56 Å². The third-order valence-electron chi connectivity index (χ3n) is 3.84. The second-order valence-electron chi connectivity index (χ2n) is 5.29. The van der Waals surface area contributed by atoms with Crippen molar-refractivity contribution in [1.82, 2.24) is 19.7 Å². The van der Waals surface area contributed by atoms with Crippen LogP contribution < -0.4 is 30.5 Å². The van der Waals surface area contributed by atoms with Crippen molar-refractivity contribution in [3.8, 4) is 23.2 Å². The normalized spacial score (nSPS) is 11.8. The molecule has 0 unspecified atom stereocenters. The summed E-state index contributed by atoms with van der Waals surface area (Å²) in [5, 5.41) is 3.91. The monoisotopic (exact) mass is 342 g/mol. The average Bonchev–Trinajstić information content (AvgIpc) is 2.89. The number of benzene rings is 1. The van der Waals surface area contributed by atoms with Crippen molar-refractivity contribution in [3.05, 3.63) is 44.4 Å². The summed E-state index contributed by atoms with van der Waals surface area (Å²) >= 11 is 0. The summed E-state index contributed by atoms with van der Waals surface area (Å²) in [6.07, 6.45) is 1.65. The molecule has 1 aromatic carbocycles. The molecule has 2 heterocycles. The Morgan fingerprint density at radius 2 is 1.84 bits per heavy atom. The van der Waals surface area contributed by atoms with Crippen LogP contribution in [0.15, 0.2) is 16.9 Å². The molecule has 2 aliphatic heterocycles. The number of imidazole rings is 1. The van der Waals surface area contributed by atoms with Gasteiger partial charge in [0.15, 0.2) is 11.5 Å². The highest BCUT2D eigenvalue weighted by Crippen LogP contribution is 2.39. The van der Waals surface area contributed by atoms with E-state index < -0.39 is 5.56 Å². The molecule has 8 nitrogen and oxygen atoms in total. The molecule has 1 N–H and O–H groups in total. The van der Waals surface area contributed by atoms with Crippen molar-refractivity contribution < 1.29 is 14.2 Å². The number of nitrogens with one attached hydrogen (secondary N) is 1. The van der Waals surface area contributed by atoms with Crippen LogP contribution in [0.5, 0.6) is 17.2 Å². The highest BCUT2D eigenvalue weighted by molar-refractivity contribution is 5.66. The van der Waals surface area contributed by atoms with Crippen LogP contribution in [0, 0.1) is 6.92 Å². The van der Waals surface area contributed by atoms with Crippen molar-refractivity contribution in [2.75, 3.05) is 21.3 Å². The number of aromatic amines is 1. The smallest absolute Gasteiger partial charge is 0.299 e. The van der Waals surface area contributed by atoms with Crippen molar-refractivity contribution in [1.29, 1.82) is 0 Å². The van der Waals surface area contributed by atoms with Gasteiger partial charge >= 0.3 is 0 Å². The Labute approximate surface area is 143 Å². The predicted molar refractivity (Wildman–Crippen MR) is 92.3 cm³/mol. The first kappa shape index (κ1) is 16.6. The summed E-state index contributed by atoms with van der Waals surface area (Å²) in [6.45, 7) is 5.66. The Hall–Kier alpha value is -3.29. The van der Waals surface area contributed by atoms with E-state index in [1.807, 2.05) is 0 Å². The molecule has 0 aromatic heterocycles. The average molecular weight is 342 g/mol. The molecule has 0 bridgehead atoms. The Balaban J connectivity index is 2.32. The number of aryl methyl sites for hydroxylation is 1. The van der Waals surface area contributed by atoms with E-state index in [0.717, 1.165) is 0 Å².